The van der Waals surface area contributed by atoms with Crippen LogP contribution < -0.4 is 9.80 Å². The first-order valence-electron chi connectivity index (χ1n) is 13.1. The van der Waals surface area contributed by atoms with E-state index in [2.05, 4.69) is 49.8 Å². The van der Waals surface area contributed by atoms with Crippen molar-refractivity contribution in [1.29, 1.82) is 5.26 Å². The van der Waals surface area contributed by atoms with Gasteiger partial charge in [-0.2, -0.15) is 5.26 Å². The number of aliphatic hydroxyl groups is 1. The zero-order valence-electron chi connectivity index (χ0n) is 21.8. The number of fused-ring (bicyclic) bond motifs is 1. The lowest BCUT2D eigenvalue weighted by Gasteiger charge is -2.61. The van der Waals surface area contributed by atoms with E-state index in [1.165, 1.54) is 0 Å². The summed E-state index contributed by atoms with van der Waals surface area (Å²) in [6.07, 6.45) is 3.81. The maximum absolute atomic E-state index is 10.3. The van der Waals surface area contributed by atoms with E-state index in [9.17, 15) is 10.4 Å². The number of ether oxygens (including phenoxy) is 1. The number of benzene rings is 1. The molecule has 37 heavy (non-hydrogen) atoms. The quantitative estimate of drug-likeness (QED) is 0.574. The summed E-state index contributed by atoms with van der Waals surface area (Å²) < 4.78 is 6.36. The summed E-state index contributed by atoms with van der Waals surface area (Å²) >= 11 is 0. The maximum atomic E-state index is 10.3. The van der Waals surface area contributed by atoms with Gasteiger partial charge in [-0.25, -0.2) is 0 Å². The van der Waals surface area contributed by atoms with Gasteiger partial charge in [-0.3, -0.25) is 14.9 Å². The highest BCUT2D eigenvalue weighted by molar-refractivity contribution is 5.95. The molecule has 192 valence electrons. The molecular formula is C29H34N6O2. The molecule has 1 aromatic carbocycles. The van der Waals surface area contributed by atoms with Crippen LogP contribution in [0.1, 0.15) is 32.0 Å². The van der Waals surface area contributed by atoms with Gasteiger partial charge < -0.3 is 19.6 Å². The van der Waals surface area contributed by atoms with E-state index in [4.69, 9.17) is 4.74 Å². The van der Waals surface area contributed by atoms with Gasteiger partial charge in [-0.15, -0.1) is 0 Å². The van der Waals surface area contributed by atoms with Crippen molar-refractivity contribution < 1.29 is 9.84 Å². The van der Waals surface area contributed by atoms with Crippen LogP contribution in [0.2, 0.25) is 0 Å². The summed E-state index contributed by atoms with van der Waals surface area (Å²) in [5, 5.41) is 20.8. The van der Waals surface area contributed by atoms with Crippen molar-refractivity contribution in [3.05, 3.63) is 60.0 Å². The van der Waals surface area contributed by atoms with E-state index < -0.39 is 5.60 Å². The molecule has 2 aromatic heterocycles. The Morgan fingerprint density at radius 2 is 1.89 bits per heavy atom. The van der Waals surface area contributed by atoms with Gasteiger partial charge in [-0.05, 0) is 57.2 Å². The van der Waals surface area contributed by atoms with Crippen molar-refractivity contribution in [2.45, 2.75) is 38.6 Å². The van der Waals surface area contributed by atoms with Crippen LogP contribution >= 0.6 is 0 Å². The molecule has 3 aliphatic rings. The molecule has 8 nitrogen and oxygen atoms in total. The number of nitrogens with zero attached hydrogens (tertiary/aromatic N) is 6. The van der Waals surface area contributed by atoms with E-state index in [1.807, 2.05) is 24.3 Å². The highest BCUT2D eigenvalue weighted by Crippen LogP contribution is 2.42. The van der Waals surface area contributed by atoms with Crippen molar-refractivity contribution in [3.63, 3.8) is 0 Å². The van der Waals surface area contributed by atoms with Crippen molar-refractivity contribution in [2.24, 2.45) is 5.41 Å². The SMILES string of the molecule is C[C@@H]1CN(c2ccc(C#N)c3ncccc23)C[C@H](CN2CC3(C2)CN(c2ccnc(C(C)(C)O)c2)C3)O1. The van der Waals surface area contributed by atoms with Gasteiger partial charge in [0.15, 0.2) is 0 Å². The third-order valence-corrected chi connectivity index (χ3v) is 7.90. The lowest BCUT2D eigenvalue weighted by atomic mass is 9.72. The Hall–Kier alpha value is -3.25. The van der Waals surface area contributed by atoms with Crippen molar-refractivity contribution in [3.8, 4) is 6.07 Å². The molecule has 3 fully saturated rings. The zero-order valence-corrected chi connectivity index (χ0v) is 21.8. The maximum Gasteiger partial charge on any atom is 0.101 e. The highest BCUT2D eigenvalue weighted by Gasteiger charge is 2.52. The van der Waals surface area contributed by atoms with Crippen LogP contribution in [0.15, 0.2) is 48.8 Å². The second-order valence-corrected chi connectivity index (χ2v) is 11.6. The van der Waals surface area contributed by atoms with Gasteiger partial charge in [0.1, 0.15) is 11.7 Å². The summed E-state index contributed by atoms with van der Waals surface area (Å²) in [5.41, 5.74) is 3.77. The zero-order chi connectivity index (χ0) is 25.8. The average Bonchev–Trinajstić information content (AvgIpc) is 2.83. The number of pyridine rings is 2. The Morgan fingerprint density at radius 3 is 2.65 bits per heavy atom. The molecule has 3 saturated heterocycles. The molecule has 1 spiro atoms. The van der Waals surface area contributed by atoms with E-state index in [-0.39, 0.29) is 12.2 Å². The average molecular weight is 499 g/mol. The van der Waals surface area contributed by atoms with Crippen LogP contribution in [-0.2, 0) is 10.3 Å². The first-order chi connectivity index (χ1) is 17.7. The standard InChI is InChI=1S/C29H34N6O2/c1-20-13-34(25-7-6-21(12-30)27-24(25)5-4-9-32-27)15-23(37-20)14-33-16-29(17-33)18-35(19-29)22-8-10-31-26(11-22)28(2,3)36/h4-11,20,23,36H,13-19H2,1-3H3/t20-,23+/m1/s1. The topological polar surface area (TPSA) is 88.8 Å². The van der Waals surface area contributed by atoms with E-state index in [0.29, 0.717) is 16.7 Å². The monoisotopic (exact) mass is 498 g/mol. The third kappa shape index (κ3) is 4.52. The minimum absolute atomic E-state index is 0.132. The lowest BCUT2D eigenvalue weighted by molar-refractivity contribution is -0.0809. The van der Waals surface area contributed by atoms with Crippen LogP contribution in [0.3, 0.4) is 0 Å². The van der Waals surface area contributed by atoms with Gasteiger partial charge in [0, 0.05) is 80.4 Å². The largest absolute Gasteiger partial charge is 0.384 e. The summed E-state index contributed by atoms with van der Waals surface area (Å²) in [7, 11) is 0. The molecule has 3 aliphatic heterocycles. The van der Waals surface area contributed by atoms with Gasteiger partial charge in [0.25, 0.3) is 0 Å². The molecule has 0 radical (unpaired) electrons. The Morgan fingerprint density at radius 1 is 1.08 bits per heavy atom. The fourth-order valence-electron chi connectivity index (χ4n) is 6.28. The van der Waals surface area contributed by atoms with Gasteiger partial charge >= 0.3 is 0 Å². The second kappa shape index (κ2) is 8.95. The number of hydrogen-bond acceptors (Lipinski definition) is 8. The van der Waals surface area contributed by atoms with Crippen LogP contribution in [0.4, 0.5) is 11.4 Å². The fourth-order valence-corrected chi connectivity index (χ4v) is 6.28. The molecular weight excluding hydrogens is 464 g/mol. The molecule has 8 heteroatoms. The smallest absolute Gasteiger partial charge is 0.101 e. The van der Waals surface area contributed by atoms with Crippen molar-refractivity contribution in [2.75, 3.05) is 55.6 Å². The molecule has 1 N–H and O–H groups in total. The molecule has 0 unspecified atom stereocenters. The summed E-state index contributed by atoms with van der Waals surface area (Å²) in [6.45, 7) is 12.5. The van der Waals surface area contributed by atoms with Crippen molar-refractivity contribution in [1.82, 2.24) is 14.9 Å². The number of hydrogen-bond donors (Lipinski definition) is 1. The molecule has 3 aromatic rings. The van der Waals surface area contributed by atoms with E-state index in [1.54, 1.807) is 26.2 Å². The predicted molar refractivity (Wildman–Crippen MR) is 144 cm³/mol. The Balaban J connectivity index is 1.08. The third-order valence-electron chi connectivity index (χ3n) is 7.90. The minimum atomic E-state index is -0.933. The normalized spacial score (nSPS) is 23.5. The number of rotatable bonds is 5. The molecule has 0 amide bonds. The number of aromatic nitrogens is 2. The van der Waals surface area contributed by atoms with Gasteiger partial charge in [-0.1, -0.05) is 0 Å². The van der Waals surface area contributed by atoms with Crippen LogP contribution in [-0.4, -0.2) is 78.0 Å². The molecule has 5 heterocycles. The molecule has 0 saturated carbocycles. The van der Waals surface area contributed by atoms with Crippen molar-refractivity contribution >= 4 is 22.3 Å². The van der Waals surface area contributed by atoms with Crippen LogP contribution in [0.5, 0.6) is 0 Å². The number of likely N-dealkylation sites (tertiary alicyclic amines) is 1. The molecule has 2 atom stereocenters. The summed E-state index contributed by atoms with van der Waals surface area (Å²) in [5.74, 6) is 0. The Bertz CT molecular complexity index is 1350. The minimum Gasteiger partial charge on any atom is -0.384 e. The number of morpholine rings is 1. The number of nitriles is 1. The Labute approximate surface area is 218 Å². The van der Waals surface area contributed by atoms with Gasteiger partial charge in [0.2, 0.25) is 0 Å². The first kappa shape index (κ1) is 24.1. The van der Waals surface area contributed by atoms with Gasteiger partial charge in [0.05, 0.1) is 29.0 Å². The van der Waals surface area contributed by atoms with Crippen LogP contribution in [0.25, 0.3) is 10.9 Å². The highest BCUT2D eigenvalue weighted by atomic mass is 16.5. The molecule has 0 aliphatic carbocycles. The lowest BCUT2D eigenvalue weighted by Crippen LogP contribution is -2.73. The molecule has 6 rings (SSSR count). The Kier molecular flexibility index (Phi) is 5.83. The fraction of sp³-hybridized carbons (Fsp3) is 0.483. The number of anilines is 2. The first-order valence-corrected chi connectivity index (χ1v) is 13.1. The predicted octanol–water partition coefficient (Wildman–Crippen LogP) is 3.14. The van der Waals surface area contributed by atoms with Crippen LogP contribution in [0, 0.1) is 16.7 Å². The van der Waals surface area contributed by atoms with E-state index >= 15 is 0 Å². The second-order valence-electron chi connectivity index (χ2n) is 11.6. The summed E-state index contributed by atoms with van der Waals surface area (Å²) in [6, 6.07) is 14.3. The summed E-state index contributed by atoms with van der Waals surface area (Å²) in [4.78, 5) is 16.1. The van der Waals surface area contributed by atoms with E-state index in [0.717, 1.165) is 68.1 Å². The molecule has 0 bridgehead atoms.